The van der Waals surface area contributed by atoms with Gasteiger partial charge in [-0.1, -0.05) is 18.7 Å². The van der Waals surface area contributed by atoms with Crippen LogP contribution in [0.15, 0.2) is 11.5 Å². The Bertz CT molecular complexity index is 225. The predicted octanol–water partition coefficient (Wildman–Crippen LogP) is 1.67. The lowest BCUT2D eigenvalue weighted by Crippen LogP contribution is -2.27. The third kappa shape index (κ3) is 4.62. The van der Waals surface area contributed by atoms with E-state index in [1.807, 2.05) is 0 Å². The van der Waals surface area contributed by atoms with Crippen LogP contribution in [0.3, 0.4) is 0 Å². The summed E-state index contributed by atoms with van der Waals surface area (Å²) in [5.74, 6) is 1.08. The lowest BCUT2D eigenvalue weighted by molar-refractivity contribution is 0.536. The number of nitrogens with one attached hydrogen (secondary N) is 2. The van der Waals surface area contributed by atoms with Gasteiger partial charge in [0.15, 0.2) is 5.16 Å². The molecule has 0 amide bonds. The van der Waals surface area contributed by atoms with Crippen LogP contribution in [-0.2, 0) is 0 Å². The molecule has 80 valence electrons. The van der Waals surface area contributed by atoms with Gasteiger partial charge >= 0.3 is 0 Å². The minimum atomic E-state index is 0.588. The SMILES string of the molecule is CCCNC(C)CCSc1ncn[nH]1. The molecule has 0 radical (unpaired) electrons. The number of thioether (sulfide) groups is 1. The molecule has 14 heavy (non-hydrogen) atoms. The molecule has 4 nitrogen and oxygen atoms in total. The van der Waals surface area contributed by atoms with Gasteiger partial charge in [0, 0.05) is 11.8 Å². The van der Waals surface area contributed by atoms with Crippen LogP contribution in [0.4, 0.5) is 0 Å². The highest BCUT2D eigenvalue weighted by Crippen LogP contribution is 2.12. The Morgan fingerprint density at radius 3 is 3.14 bits per heavy atom. The van der Waals surface area contributed by atoms with Crippen molar-refractivity contribution in [3.63, 3.8) is 0 Å². The van der Waals surface area contributed by atoms with E-state index in [0.717, 1.165) is 23.9 Å². The van der Waals surface area contributed by atoms with E-state index < -0.39 is 0 Å². The minimum absolute atomic E-state index is 0.588. The number of aromatic amines is 1. The van der Waals surface area contributed by atoms with E-state index in [-0.39, 0.29) is 0 Å². The van der Waals surface area contributed by atoms with Gasteiger partial charge in [-0.2, -0.15) is 5.10 Å². The van der Waals surface area contributed by atoms with Crippen LogP contribution in [0.1, 0.15) is 26.7 Å². The maximum atomic E-state index is 4.05. The zero-order valence-electron chi connectivity index (χ0n) is 8.79. The molecule has 1 heterocycles. The Hall–Kier alpha value is -0.550. The Morgan fingerprint density at radius 2 is 2.50 bits per heavy atom. The Morgan fingerprint density at radius 1 is 1.64 bits per heavy atom. The molecular formula is C9H18N4S. The molecule has 1 unspecified atom stereocenters. The second kappa shape index (κ2) is 6.84. The Labute approximate surface area is 89.3 Å². The van der Waals surface area contributed by atoms with Crippen molar-refractivity contribution < 1.29 is 0 Å². The van der Waals surface area contributed by atoms with E-state index >= 15 is 0 Å². The third-order valence-corrected chi connectivity index (χ3v) is 2.84. The summed E-state index contributed by atoms with van der Waals surface area (Å²) in [6.45, 7) is 5.51. The largest absolute Gasteiger partial charge is 0.314 e. The first-order chi connectivity index (χ1) is 6.83. The molecule has 0 bridgehead atoms. The van der Waals surface area contributed by atoms with Crippen LogP contribution in [-0.4, -0.2) is 33.5 Å². The van der Waals surface area contributed by atoms with E-state index in [0.29, 0.717) is 6.04 Å². The van der Waals surface area contributed by atoms with Crippen LogP contribution < -0.4 is 5.32 Å². The lowest BCUT2D eigenvalue weighted by atomic mass is 10.2. The minimum Gasteiger partial charge on any atom is -0.314 e. The quantitative estimate of drug-likeness (QED) is 0.678. The zero-order chi connectivity index (χ0) is 10.2. The van der Waals surface area contributed by atoms with Crippen LogP contribution in [0.5, 0.6) is 0 Å². The maximum Gasteiger partial charge on any atom is 0.183 e. The molecule has 0 saturated carbocycles. The van der Waals surface area contributed by atoms with Crippen molar-refractivity contribution in [3.8, 4) is 0 Å². The van der Waals surface area contributed by atoms with E-state index in [4.69, 9.17) is 0 Å². The summed E-state index contributed by atoms with van der Waals surface area (Å²) in [5, 5.41) is 11.0. The topological polar surface area (TPSA) is 53.6 Å². The van der Waals surface area contributed by atoms with Crippen LogP contribution in [0, 0.1) is 0 Å². The molecule has 2 N–H and O–H groups in total. The maximum absolute atomic E-state index is 4.05. The molecule has 0 aromatic carbocycles. The number of H-pyrrole nitrogens is 1. The monoisotopic (exact) mass is 214 g/mol. The van der Waals surface area contributed by atoms with Gasteiger partial charge in [-0.05, 0) is 26.3 Å². The standard InChI is InChI=1S/C9H18N4S/c1-3-5-10-8(2)4-6-14-9-11-7-12-13-9/h7-8,10H,3-6H2,1-2H3,(H,11,12,13). The van der Waals surface area contributed by atoms with Crippen LogP contribution >= 0.6 is 11.8 Å². The molecule has 0 spiro atoms. The van der Waals surface area contributed by atoms with Gasteiger partial charge in [-0.3, -0.25) is 5.10 Å². The van der Waals surface area contributed by atoms with Crippen molar-refractivity contribution in [2.75, 3.05) is 12.3 Å². The van der Waals surface area contributed by atoms with Crippen molar-refractivity contribution >= 4 is 11.8 Å². The van der Waals surface area contributed by atoms with Crippen molar-refractivity contribution in [2.45, 2.75) is 37.9 Å². The molecule has 1 atom stereocenters. The average molecular weight is 214 g/mol. The molecule has 1 aromatic heterocycles. The summed E-state index contributed by atoms with van der Waals surface area (Å²) < 4.78 is 0. The number of rotatable bonds is 7. The average Bonchev–Trinajstić information content (AvgIpc) is 2.67. The summed E-state index contributed by atoms with van der Waals surface area (Å²) >= 11 is 1.72. The Kier molecular flexibility index (Phi) is 5.63. The van der Waals surface area contributed by atoms with Gasteiger partial charge in [0.25, 0.3) is 0 Å². The van der Waals surface area contributed by atoms with Gasteiger partial charge in [0.05, 0.1) is 0 Å². The summed E-state index contributed by atoms with van der Waals surface area (Å²) in [7, 11) is 0. The fourth-order valence-corrected chi connectivity index (χ4v) is 1.99. The normalized spacial score (nSPS) is 13.0. The highest BCUT2D eigenvalue weighted by Gasteiger charge is 2.01. The molecule has 5 heteroatoms. The first-order valence-electron chi connectivity index (χ1n) is 5.04. The second-order valence-electron chi connectivity index (χ2n) is 3.28. The van der Waals surface area contributed by atoms with Crippen molar-refractivity contribution in [1.82, 2.24) is 20.5 Å². The van der Waals surface area contributed by atoms with E-state index in [9.17, 15) is 0 Å². The smallest absolute Gasteiger partial charge is 0.183 e. The molecule has 1 aromatic rings. The summed E-state index contributed by atoms with van der Waals surface area (Å²) in [4.78, 5) is 4.05. The summed E-state index contributed by atoms with van der Waals surface area (Å²) in [6, 6.07) is 0.588. The predicted molar refractivity (Wildman–Crippen MR) is 59.5 cm³/mol. The first kappa shape index (κ1) is 11.5. The summed E-state index contributed by atoms with van der Waals surface area (Å²) in [6.07, 6.45) is 3.89. The van der Waals surface area contributed by atoms with Gasteiger partial charge in [-0.15, -0.1) is 0 Å². The van der Waals surface area contributed by atoms with E-state index in [1.165, 1.54) is 6.42 Å². The number of hydrogen-bond donors (Lipinski definition) is 2. The number of hydrogen-bond acceptors (Lipinski definition) is 4. The molecule has 0 aliphatic rings. The summed E-state index contributed by atoms with van der Waals surface area (Å²) in [5.41, 5.74) is 0. The number of aromatic nitrogens is 3. The fourth-order valence-electron chi connectivity index (χ4n) is 1.09. The molecule has 1 rings (SSSR count). The highest BCUT2D eigenvalue weighted by molar-refractivity contribution is 7.99. The van der Waals surface area contributed by atoms with E-state index in [2.05, 4.69) is 34.3 Å². The third-order valence-electron chi connectivity index (χ3n) is 1.93. The van der Waals surface area contributed by atoms with Crippen molar-refractivity contribution in [2.24, 2.45) is 0 Å². The second-order valence-corrected chi connectivity index (χ2v) is 4.37. The van der Waals surface area contributed by atoms with Gasteiger partial charge in [0.2, 0.25) is 0 Å². The van der Waals surface area contributed by atoms with Gasteiger partial charge in [0.1, 0.15) is 6.33 Å². The van der Waals surface area contributed by atoms with E-state index in [1.54, 1.807) is 18.1 Å². The number of nitrogens with zero attached hydrogens (tertiary/aromatic N) is 2. The molecule has 0 aliphatic carbocycles. The van der Waals surface area contributed by atoms with Crippen LogP contribution in [0.2, 0.25) is 0 Å². The molecule has 0 fully saturated rings. The van der Waals surface area contributed by atoms with Gasteiger partial charge in [-0.25, -0.2) is 4.98 Å². The lowest BCUT2D eigenvalue weighted by Gasteiger charge is -2.11. The molecule has 0 saturated heterocycles. The molecular weight excluding hydrogens is 196 g/mol. The van der Waals surface area contributed by atoms with Crippen molar-refractivity contribution in [3.05, 3.63) is 6.33 Å². The van der Waals surface area contributed by atoms with Crippen molar-refractivity contribution in [1.29, 1.82) is 0 Å². The zero-order valence-corrected chi connectivity index (χ0v) is 9.60. The van der Waals surface area contributed by atoms with Crippen LogP contribution in [0.25, 0.3) is 0 Å². The first-order valence-corrected chi connectivity index (χ1v) is 6.03. The van der Waals surface area contributed by atoms with Gasteiger partial charge < -0.3 is 5.32 Å². The Balaban J connectivity index is 2.03. The highest BCUT2D eigenvalue weighted by atomic mass is 32.2. The molecule has 0 aliphatic heterocycles. The fraction of sp³-hybridized carbons (Fsp3) is 0.778.